The second-order valence-electron chi connectivity index (χ2n) is 16.0. The van der Waals surface area contributed by atoms with Crippen molar-refractivity contribution >= 4 is 22.1 Å². The average Bonchev–Trinajstić information content (AvgIpc) is 3.26. The summed E-state index contributed by atoms with van der Waals surface area (Å²) < 4.78 is 54.1. The van der Waals surface area contributed by atoms with Crippen LogP contribution in [0.1, 0.15) is 155 Å². The molecule has 1 saturated heterocycles. The first kappa shape index (κ1) is 58.6. The second kappa shape index (κ2) is 39.9. The van der Waals surface area contributed by atoms with Gasteiger partial charge in [-0.15, -0.1) is 0 Å². The van der Waals surface area contributed by atoms with Gasteiger partial charge in [-0.05, 0) is 96.3 Å². The molecule has 0 spiro atoms. The molecule has 1 aliphatic rings. The molecule has 0 aromatic carbocycles. The van der Waals surface area contributed by atoms with Gasteiger partial charge in [0.1, 0.15) is 36.8 Å². The van der Waals surface area contributed by atoms with Crippen molar-refractivity contribution in [2.75, 3.05) is 19.0 Å². The van der Waals surface area contributed by atoms with Gasteiger partial charge in [0, 0.05) is 12.8 Å². The average molecular weight is 919 g/mol. The SMILES string of the molecule is CC/C=C/C/C=C/C/C=C/C/C=C/C/C=C/CCCCCC(=O)OC[C@H](CO[C@H]1O[C@H](CS(=O)(=O)O)[C@@H](O)C(O)C1O)OC(=O)CCCCCC/C=C/C/C=C/C/C=C/CCCCC. The molecule has 1 fully saturated rings. The van der Waals surface area contributed by atoms with Crippen LogP contribution in [-0.2, 0) is 38.7 Å². The molecule has 12 nitrogen and oxygen atoms in total. The third-order valence-electron chi connectivity index (χ3n) is 10.1. The number of carbonyl (C=O) groups excluding carboxylic acids is 2. The fraction of sp³-hybridized carbons (Fsp3) is 0.647. The van der Waals surface area contributed by atoms with Crippen molar-refractivity contribution in [1.29, 1.82) is 0 Å². The van der Waals surface area contributed by atoms with E-state index < -0.39 is 71.2 Å². The summed E-state index contributed by atoms with van der Waals surface area (Å²) in [4.78, 5) is 25.5. The highest BCUT2D eigenvalue weighted by molar-refractivity contribution is 7.85. The molecule has 0 aliphatic carbocycles. The van der Waals surface area contributed by atoms with Gasteiger partial charge in [0.25, 0.3) is 10.1 Å². The molecule has 0 aromatic rings. The minimum Gasteiger partial charge on any atom is -0.462 e. The maximum Gasteiger partial charge on any atom is 0.306 e. The number of carbonyl (C=O) groups is 2. The molecule has 6 atom stereocenters. The summed E-state index contributed by atoms with van der Waals surface area (Å²) >= 11 is 0. The largest absolute Gasteiger partial charge is 0.462 e. The number of hydrogen-bond donors (Lipinski definition) is 4. The Balaban J connectivity index is 2.48. The van der Waals surface area contributed by atoms with Crippen LogP contribution in [0, 0.1) is 0 Å². The monoisotopic (exact) mass is 919 g/mol. The summed E-state index contributed by atoms with van der Waals surface area (Å²) in [7, 11) is -4.62. The van der Waals surface area contributed by atoms with Crippen LogP contribution in [0.25, 0.3) is 0 Å². The van der Waals surface area contributed by atoms with Crippen molar-refractivity contribution in [3.8, 4) is 0 Å². The summed E-state index contributed by atoms with van der Waals surface area (Å²) in [6.07, 6.45) is 44.4. The summed E-state index contributed by atoms with van der Waals surface area (Å²) in [6, 6.07) is 0. The third kappa shape index (κ3) is 34.0. The molecule has 2 unspecified atom stereocenters. The summed E-state index contributed by atoms with van der Waals surface area (Å²) in [5.41, 5.74) is 0. The number of aliphatic hydroxyl groups excluding tert-OH is 3. The van der Waals surface area contributed by atoms with Crippen LogP contribution in [0.3, 0.4) is 0 Å². The van der Waals surface area contributed by atoms with Gasteiger partial charge < -0.3 is 34.3 Å². The van der Waals surface area contributed by atoms with Crippen LogP contribution in [0.2, 0.25) is 0 Å². The Morgan fingerprint density at radius 1 is 0.547 bits per heavy atom. The Bertz CT molecular complexity index is 1540. The minimum absolute atomic E-state index is 0.125. The van der Waals surface area contributed by atoms with E-state index in [2.05, 4.69) is 111 Å². The van der Waals surface area contributed by atoms with Gasteiger partial charge in [0.05, 0.1) is 6.61 Å². The minimum atomic E-state index is -4.62. The number of allylic oxidation sites excluding steroid dienone is 16. The first-order chi connectivity index (χ1) is 31.0. The lowest BCUT2D eigenvalue weighted by atomic mass is 10.00. The van der Waals surface area contributed by atoms with E-state index in [1.54, 1.807) is 0 Å². The molecular weight excluding hydrogens is 837 g/mol. The van der Waals surface area contributed by atoms with E-state index in [0.29, 0.717) is 12.8 Å². The zero-order valence-corrected chi connectivity index (χ0v) is 39.7. The number of esters is 2. The van der Waals surface area contributed by atoms with E-state index >= 15 is 0 Å². The molecule has 4 N–H and O–H groups in total. The lowest BCUT2D eigenvalue weighted by molar-refractivity contribution is -0.297. The van der Waals surface area contributed by atoms with Gasteiger partial charge in [-0.2, -0.15) is 8.42 Å². The lowest BCUT2D eigenvalue weighted by Crippen LogP contribution is -2.60. The Labute approximate surface area is 385 Å². The van der Waals surface area contributed by atoms with Gasteiger partial charge in [-0.1, -0.05) is 143 Å². The summed E-state index contributed by atoms with van der Waals surface area (Å²) in [6.45, 7) is 3.56. The number of hydrogen-bond acceptors (Lipinski definition) is 11. The predicted octanol–water partition coefficient (Wildman–Crippen LogP) is 10.2. The van der Waals surface area contributed by atoms with Crippen molar-refractivity contribution in [1.82, 2.24) is 0 Å². The second-order valence-corrected chi connectivity index (χ2v) is 17.5. The lowest BCUT2D eigenvalue weighted by Gasteiger charge is -2.40. The zero-order chi connectivity index (χ0) is 46.9. The van der Waals surface area contributed by atoms with Gasteiger partial charge in [-0.25, -0.2) is 0 Å². The van der Waals surface area contributed by atoms with E-state index in [0.717, 1.165) is 96.3 Å². The Morgan fingerprint density at radius 3 is 1.47 bits per heavy atom. The first-order valence-corrected chi connectivity index (χ1v) is 25.4. The highest BCUT2D eigenvalue weighted by atomic mass is 32.2. The number of unbranched alkanes of at least 4 members (excludes halogenated alkanes) is 10. The number of rotatable bonds is 38. The molecular formula is C51H82O12S. The van der Waals surface area contributed by atoms with E-state index in [9.17, 15) is 37.9 Å². The quantitative estimate of drug-likeness (QED) is 0.0199. The third-order valence-corrected chi connectivity index (χ3v) is 10.9. The fourth-order valence-electron chi connectivity index (χ4n) is 6.47. The van der Waals surface area contributed by atoms with Crippen LogP contribution < -0.4 is 0 Å². The van der Waals surface area contributed by atoms with Crippen LogP contribution in [-0.4, -0.2) is 96.0 Å². The van der Waals surface area contributed by atoms with Gasteiger partial charge in [0.15, 0.2) is 12.4 Å². The molecule has 0 bridgehead atoms. The fourth-order valence-corrected chi connectivity index (χ4v) is 7.16. The van der Waals surface area contributed by atoms with Crippen LogP contribution >= 0.6 is 0 Å². The van der Waals surface area contributed by atoms with Crippen molar-refractivity contribution in [2.24, 2.45) is 0 Å². The molecule has 364 valence electrons. The Hall–Kier alpha value is -3.43. The Morgan fingerprint density at radius 2 is 0.984 bits per heavy atom. The molecule has 1 heterocycles. The normalized spacial score (nSPS) is 20.5. The van der Waals surface area contributed by atoms with E-state index in [1.165, 1.54) is 19.3 Å². The number of aliphatic hydroxyl groups is 3. The van der Waals surface area contributed by atoms with E-state index in [-0.39, 0.29) is 19.4 Å². The Kier molecular flexibility index (Phi) is 36.5. The topological polar surface area (TPSA) is 186 Å². The molecule has 13 heteroatoms. The summed E-state index contributed by atoms with van der Waals surface area (Å²) in [5.74, 6) is -2.07. The van der Waals surface area contributed by atoms with Gasteiger partial charge in [-0.3, -0.25) is 14.1 Å². The zero-order valence-electron chi connectivity index (χ0n) is 38.8. The molecule has 0 amide bonds. The highest BCUT2D eigenvalue weighted by Gasteiger charge is 2.46. The molecule has 64 heavy (non-hydrogen) atoms. The smallest absolute Gasteiger partial charge is 0.306 e. The molecule has 1 aliphatic heterocycles. The standard InChI is InChI=1S/C51H82O12S/c1-3-5-7-9-11-13-15-17-19-21-22-24-25-27-29-31-33-35-37-39-46(52)60-41-44(42-61-51-50(56)49(55)48(54)45(63-51)43-64(57,58)59)62-47(53)40-38-36-34-32-30-28-26-23-20-18-16-14-12-10-8-6-4-2/h5,7,11-14,17-20,22,24,26-29,44-45,48-51,54-56H,3-4,6,8-10,15-16,21,23,25,30-43H2,1-2H3,(H,57,58,59)/b7-5+,13-11+,14-12+,19-17+,20-18+,24-22+,28-26+,29-27+/t44-,45-,48-,49?,50?,51+/m1/s1. The van der Waals surface area contributed by atoms with Crippen LogP contribution in [0.5, 0.6) is 0 Å². The number of ether oxygens (including phenoxy) is 4. The molecule has 0 saturated carbocycles. The van der Waals surface area contributed by atoms with Crippen molar-refractivity contribution < 1.29 is 56.8 Å². The molecule has 0 radical (unpaired) electrons. The van der Waals surface area contributed by atoms with E-state index in [4.69, 9.17) is 18.9 Å². The highest BCUT2D eigenvalue weighted by Crippen LogP contribution is 2.24. The van der Waals surface area contributed by atoms with Crippen LogP contribution in [0.4, 0.5) is 0 Å². The molecule has 0 aromatic heterocycles. The summed E-state index contributed by atoms with van der Waals surface area (Å²) in [5, 5.41) is 30.9. The van der Waals surface area contributed by atoms with Crippen molar-refractivity contribution in [2.45, 2.75) is 192 Å². The predicted molar refractivity (Wildman–Crippen MR) is 256 cm³/mol. The van der Waals surface area contributed by atoms with E-state index in [1.807, 2.05) is 0 Å². The van der Waals surface area contributed by atoms with Gasteiger partial charge in [0.2, 0.25) is 0 Å². The maximum atomic E-state index is 12.8. The van der Waals surface area contributed by atoms with Gasteiger partial charge >= 0.3 is 11.9 Å². The maximum absolute atomic E-state index is 12.8. The van der Waals surface area contributed by atoms with Crippen molar-refractivity contribution in [3.63, 3.8) is 0 Å². The van der Waals surface area contributed by atoms with Crippen molar-refractivity contribution in [3.05, 3.63) is 97.2 Å². The van der Waals surface area contributed by atoms with Crippen LogP contribution in [0.15, 0.2) is 97.2 Å². The first-order valence-electron chi connectivity index (χ1n) is 23.8. The molecule has 1 rings (SSSR count).